The van der Waals surface area contributed by atoms with E-state index < -0.39 is 11.6 Å². The summed E-state index contributed by atoms with van der Waals surface area (Å²) in [5, 5.41) is 0. The van der Waals surface area contributed by atoms with Gasteiger partial charge in [0.05, 0.1) is 0 Å². The van der Waals surface area contributed by atoms with E-state index in [1.165, 1.54) is 77.0 Å². The fraction of sp³-hybridized carbons (Fsp3) is 0.750. The molecule has 0 aliphatic heterocycles. The molecule has 3 aliphatic carbocycles. The highest BCUT2D eigenvalue weighted by Crippen LogP contribution is 2.49. The Hall–Kier alpha value is -1.18. The number of allylic oxidation sites excluding steroid dienone is 2. The summed E-state index contributed by atoms with van der Waals surface area (Å²) in [5.41, 5.74) is 1.08. The zero-order chi connectivity index (χ0) is 23.9. The Kier molecular flexibility index (Phi) is 9.66. The summed E-state index contributed by atoms with van der Waals surface area (Å²) in [6.07, 6.45) is 24.1. The number of hydrogen-bond acceptors (Lipinski definition) is 0. The lowest BCUT2D eigenvalue weighted by Crippen LogP contribution is -2.34. The lowest BCUT2D eigenvalue weighted by Gasteiger charge is -2.45. The molecule has 3 saturated carbocycles. The first-order valence-corrected chi connectivity index (χ1v) is 14.7. The van der Waals surface area contributed by atoms with Gasteiger partial charge in [-0.1, -0.05) is 63.3 Å². The first-order valence-electron chi connectivity index (χ1n) is 14.7. The van der Waals surface area contributed by atoms with E-state index in [-0.39, 0.29) is 0 Å². The highest BCUT2D eigenvalue weighted by molar-refractivity contribution is 5.27. The normalized spacial score (nSPS) is 32.1. The Balaban J connectivity index is 1.20. The quantitative estimate of drug-likeness (QED) is 0.315. The van der Waals surface area contributed by atoms with Crippen LogP contribution in [0.5, 0.6) is 0 Å². The molecule has 0 saturated heterocycles. The summed E-state index contributed by atoms with van der Waals surface area (Å²) < 4.78 is 29.1. The van der Waals surface area contributed by atoms with Gasteiger partial charge in [0, 0.05) is 0 Å². The molecule has 4 unspecified atom stereocenters. The molecular weight excluding hydrogens is 422 g/mol. The number of rotatable bonds is 9. The van der Waals surface area contributed by atoms with Crippen LogP contribution in [0.3, 0.4) is 0 Å². The molecule has 3 fully saturated rings. The van der Waals surface area contributed by atoms with Crippen molar-refractivity contribution < 1.29 is 8.78 Å². The molecule has 3 aliphatic rings. The Morgan fingerprint density at radius 3 is 1.94 bits per heavy atom. The van der Waals surface area contributed by atoms with Crippen LogP contribution in [0.25, 0.3) is 0 Å². The van der Waals surface area contributed by atoms with Crippen LogP contribution >= 0.6 is 0 Å². The molecule has 0 aromatic heterocycles. The minimum atomic E-state index is -0.620. The maximum atomic E-state index is 14.6. The number of benzene rings is 1. The molecule has 2 heteroatoms. The molecule has 34 heavy (non-hydrogen) atoms. The lowest BCUT2D eigenvalue weighted by atomic mass is 9.60. The number of halogens is 2. The van der Waals surface area contributed by atoms with E-state index in [2.05, 4.69) is 6.92 Å². The van der Waals surface area contributed by atoms with Gasteiger partial charge in [-0.15, -0.1) is 0 Å². The second kappa shape index (κ2) is 12.7. The minimum Gasteiger partial charge on any atom is -0.203 e. The summed E-state index contributed by atoms with van der Waals surface area (Å²) in [6, 6.07) is 3.64. The van der Waals surface area contributed by atoms with Crippen LogP contribution in [-0.2, 0) is 12.8 Å². The average molecular weight is 471 g/mol. The molecule has 0 amide bonds. The van der Waals surface area contributed by atoms with Crippen molar-refractivity contribution in [3.63, 3.8) is 0 Å². The fourth-order valence-electron chi connectivity index (χ4n) is 7.85. The van der Waals surface area contributed by atoms with Gasteiger partial charge >= 0.3 is 0 Å². The number of aryl methyl sites for hydroxylation is 2. The van der Waals surface area contributed by atoms with Crippen molar-refractivity contribution in [1.82, 2.24) is 0 Å². The third kappa shape index (κ3) is 6.52. The van der Waals surface area contributed by atoms with Crippen LogP contribution in [0, 0.1) is 47.1 Å². The van der Waals surface area contributed by atoms with E-state index >= 15 is 0 Å². The van der Waals surface area contributed by atoms with Gasteiger partial charge in [0.2, 0.25) is 0 Å². The maximum absolute atomic E-state index is 14.6. The number of hydrogen-bond donors (Lipinski definition) is 0. The Labute approximate surface area is 208 Å². The van der Waals surface area contributed by atoms with Crippen molar-refractivity contribution >= 4 is 0 Å². The van der Waals surface area contributed by atoms with Crippen LogP contribution in [0.15, 0.2) is 24.3 Å². The third-order valence-corrected chi connectivity index (χ3v) is 9.90. The van der Waals surface area contributed by atoms with Gasteiger partial charge in [0.25, 0.3) is 0 Å². The molecule has 0 heterocycles. The summed E-state index contributed by atoms with van der Waals surface area (Å²) in [5.74, 6) is 4.43. The standard InChI is InChI=1S/C32H48F2/c1-3-5-6-8-26-17-18-27(32(34)31(26)33)15-11-23-9-13-25(14-10-23)29-20-19-28-21-24(7-4-2)12-16-30(28)22-29/h3,5,17-18,23-25,28-30H,4,6-16,19-22H2,1-2H3/b5-3+. The Morgan fingerprint density at radius 2 is 1.26 bits per heavy atom. The summed E-state index contributed by atoms with van der Waals surface area (Å²) in [6.45, 7) is 4.30. The monoisotopic (exact) mass is 470 g/mol. The molecule has 4 atom stereocenters. The van der Waals surface area contributed by atoms with Gasteiger partial charge in [-0.3, -0.25) is 0 Å². The van der Waals surface area contributed by atoms with Crippen molar-refractivity contribution in [3.05, 3.63) is 47.0 Å². The first kappa shape index (κ1) is 25.9. The average Bonchev–Trinajstić information content (AvgIpc) is 2.86. The van der Waals surface area contributed by atoms with Gasteiger partial charge in [-0.25, -0.2) is 8.78 Å². The highest BCUT2D eigenvalue weighted by Gasteiger charge is 2.38. The number of fused-ring (bicyclic) bond motifs is 1. The molecule has 0 bridgehead atoms. The van der Waals surface area contributed by atoms with Crippen molar-refractivity contribution in [2.24, 2.45) is 35.5 Å². The van der Waals surface area contributed by atoms with Gasteiger partial charge in [-0.2, -0.15) is 0 Å². The van der Waals surface area contributed by atoms with Crippen LogP contribution in [0.2, 0.25) is 0 Å². The van der Waals surface area contributed by atoms with E-state index in [9.17, 15) is 8.78 Å². The predicted molar refractivity (Wildman–Crippen MR) is 140 cm³/mol. The first-order chi connectivity index (χ1) is 16.6. The van der Waals surface area contributed by atoms with Gasteiger partial charge < -0.3 is 0 Å². The molecule has 0 nitrogen and oxygen atoms in total. The van der Waals surface area contributed by atoms with E-state index in [1.807, 2.05) is 25.1 Å². The zero-order valence-corrected chi connectivity index (χ0v) is 21.8. The zero-order valence-electron chi connectivity index (χ0n) is 21.8. The molecule has 1 aromatic carbocycles. The molecule has 4 rings (SSSR count). The maximum Gasteiger partial charge on any atom is 0.162 e. The lowest BCUT2D eigenvalue weighted by molar-refractivity contribution is 0.0579. The van der Waals surface area contributed by atoms with Crippen molar-refractivity contribution in [2.75, 3.05) is 0 Å². The van der Waals surface area contributed by atoms with Gasteiger partial charge in [0.1, 0.15) is 0 Å². The smallest absolute Gasteiger partial charge is 0.162 e. The van der Waals surface area contributed by atoms with Crippen LogP contribution in [0.4, 0.5) is 8.78 Å². The van der Waals surface area contributed by atoms with Gasteiger partial charge in [-0.05, 0) is 124 Å². The summed E-state index contributed by atoms with van der Waals surface area (Å²) in [7, 11) is 0. The van der Waals surface area contributed by atoms with Gasteiger partial charge in [0.15, 0.2) is 11.6 Å². The fourth-order valence-corrected chi connectivity index (χ4v) is 7.85. The third-order valence-electron chi connectivity index (χ3n) is 9.90. The highest BCUT2D eigenvalue weighted by atomic mass is 19.2. The largest absolute Gasteiger partial charge is 0.203 e. The van der Waals surface area contributed by atoms with E-state index in [1.54, 1.807) is 6.07 Å². The molecule has 0 N–H and O–H groups in total. The molecule has 190 valence electrons. The van der Waals surface area contributed by atoms with Crippen LogP contribution < -0.4 is 0 Å². The Bertz CT molecular complexity index is 788. The second-order valence-electron chi connectivity index (χ2n) is 12.0. The predicted octanol–water partition coefficient (Wildman–Crippen LogP) is 9.85. The van der Waals surface area contributed by atoms with E-state index in [0.29, 0.717) is 29.9 Å². The molecule has 0 spiro atoms. The molecular formula is C32H48F2. The van der Waals surface area contributed by atoms with E-state index in [0.717, 1.165) is 42.4 Å². The van der Waals surface area contributed by atoms with Crippen LogP contribution in [-0.4, -0.2) is 0 Å². The Morgan fingerprint density at radius 1 is 0.706 bits per heavy atom. The minimum absolute atomic E-state index is 0.508. The summed E-state index contributed by atoms with van der Waals surface area (Å²) in [4.78, 5) is 0. The summed E-state index contributed by atoms with van der Waals surface area (Å²) >= 11 is 0. The molecule has 0 radical (unpaired) electrons. The van der Waals surface area contributed by atoms with Crippen molar-refractivity contribution in [2.45, 2.75) is 117 Å². The van der Waals surface area contributed by atoms with Crippen LogP contribution in [0.1, 0.15) is 115 Å². The topological polar surface area (TPSA) is 0 Å². The molecule has 1 aromatic rings. The SMILES string of the molecule is C/C=C/CCc1ccc(CCC2CCC(C3CCC4CC(CCC)CCC4C3)CC2)c(F)c1F. The van der Waals surface area contributed by atoms with E-state index in [4.69, 9.17) is 0 Å². The second-order valence-corrected chi connectivity index (χ2v) is 12.0. The van der Waals surface area contributed by atoms with Crippen molar-refractivity contribution in [3.8, 4) is 0 Å². The van der Waals surface area contributed by atoms with Crippen molar-refractivity contribution in [1.29, 1.82) is 0 Å².